The van der Waals surface area contributed by atoms with Gasteiger partial charge in [-0.25, -0.2) is 14.0 Å². The Labute approximate surface area is 255 Å². The Bertz CT molecular complexity index is 1410. The van der Waals surface area contributed by atoms with Crippen molar-refractivity contribution in [2.75, 3.05) is 39.9 Å². The maximum Gasteiger partial charge on any atom is 0.336 e. The first-order valence-corrected chi connectivity index (χ1v) is 14.7. The van der Waals surface area contributed by atoms with Gasteiger partial charge >= 0.3 is 11.9 Å². The van der Waals surface area contributed by atoms with Crippen LogP contribution in [0, 0.1) is 11.7 Å². The summed E-state index contributed by atoms with van der Waals surface area (Å²) in [6.45, 7) is 8.11. The molecule has 1 atom stereocenters. The van der Waals surface area contributed by atoms with Crippen LogP contribution in [-0.2, 0) is 19.1 Å². The highest BCUT2D eigenvalue weighted by Gasteiger charge is 2.41. The van der Waals surface area contributed by atoms with Crippen LogP contribution in [0.5, 0.6) is 0 Å². The van der Waals surface area contributed by atoms with E-state index < -0.39 is 17.9 Å². The van der Waals surface area contributed by atoms with Crippen LogP contribution in [0.15, 0.2) is 65.0 Å². The molecular formula is C32H35Cl2FN2O5. The van der Waals surface area contributed by atoms with Gasteiger partial charge in [0.25, 0.3) is 0 Å². The van der Waals surface area contributed by atoms with Crippen LogP contribution in [0.2, 0.25) is 10.0 Å². The number of hydrogen-bond donors (Lipinski definition) is 0. The summed E-state index contributed by atoms with van der Waals surface area (Å²) in [6.07, 6.45) is 1.38. The lowest BCUT2D eigenvalue weighted by Gasteiger charge is -2.39. The third-order valence-electron chi connectivity index (χ3n) is 8.09. The molecule has 0 radical (unpaired) electrons. The fourth-order valence-electron chi connectivity index (χ4n) is 5.85. The Morgan fingerprint density at radius 3 is 2.14 bits per heavy atom. The van der Waals surface area contributed by atoms with Crippen LogP contribution in [0.25, 0.3) is 0 Å². The normalized spacial score (nSPS) is 18.4. The minimum Gasteiger partial charge on any atom is -0.466 e. The Morgan fingerprint density at radius 1 is 0.929 bits per heavy atom. The molecule has 1 unspecified atom stereocenters. The standard InChI is InChI=1S/C32H35Cl2FN2O5/c1-5-42-32(40)27-20(3)37(19(2)26(31(39)41-4)28(27)24-7-6-8-25(33)29(24)34)18-17-36-15-13-22(14-16-36)30(38)21-9-11-23(35)12-10-21/h6-12,22,28H,5,13-18H2,1-4H3. The lowest BCUT2D eigenvalue weighted by atomic mass is 9.79. The highest BCUT2D eigenvalue weighted by molar-refractivity contribution is 6.42. The molecule has 0 N–H and O–H groups in total. The molecule has 4 rings (SSSR count). The Balaban J connectivity index is 1.58. The number of ketones is 1. The van der Waals surface area contributed by atoms with E-state index in [1.165, 1.54) is 31.4 Å². The zero-order chi connectivity index (χ0) is 30.6. The summed E-state index contributed by atoms with van der Waals surface area (Å²) in [5, 5.41) is 0.556. The van der Waals surface area contributed by atoms with Crippen LogP contribution in [0.1, 0.15) is 55.5 Å². The number of rotatable bonds is 9. The highest BCUT2D eigenvalue weighted by atomic mass is 35.5. The number of benzene rings is 2. The van der Waals surface area contributed by atoms with E-state index in [1.54, 1.807) is 25.1 Å². The molecule has 224 valence electrons. The van der Waals surface area contributed by atoms with E-state index in [0.717, 1.165) is 0 Å². The Kier molecular flexibility index (Phi) is 10.5. The summed E-state index contributed by atoms with van der Waals surface area (Å²) in [4.78, 5) is 43.8. The first-order chi connectivity index (χ1) is 20.1. The van der Waals surface area contributed by atoms with Crippen LogP contribution < -0.4 is 0 Å². The summed E-state index contributed by atoms with van der Waals surface area (Å²) < 4.78 is 23.9. The number of ether oxygens (including phenoxy) is 2. The molecule has 0 aliphatic carbocycles. The Hall–Kier alpha value is -3.20. The highest BCUT2D eigenvalue weighted by Crippen LogP contribution is 2.46. The second-order valence-corrected chi connectivity index (χ2v) is 11.2. The number of nitrogens with zero attached hydrogens (tertiary/aromatic N) is 2. The van der Waals surface area contributed by atoms with Crippen LogP contribution in [0.3, 0.4) is 0 Å². The van der Waals surface area contributed by atoms with Crippen molar-refractivity contribution in [3.05, 3.63) is 92.0 Å². The van der Waals surface area contributed by atoms with E-state index in [2.05, 4.69) is 4.90 Å². The molecular weight excluding hydrogens is 582 g/mol. The predicted molar refractivity (Wildman–Crippen MR) is 160 cm³/mol. The molecule has 0 spiro atoms. The largest absolute Gasteiger partial charge is 0.466 e. The molecule has 7 nitrogen and oxygen atoms in total. The number of halogens is 3. The molecule has 2 aromatic carbocycles. The van der Waals surface area contributed by atoms with Gasteiger partial charge < -0.3 is 19.3 Å². The number of hydrogen-bond acceptors (Lipinski definition) is 7. The van der Waals surface area contributed by atoms with Gasteiger partial charge in [-0.2, -0.15) is 0 Å². The average molecular weight is 618 g/mol. The summed E-state index contributed by atoms with van der Waals surface area (Å²) in [6, 6.07) is 10.8. The lowest BCUT2D eigenvalue weighted by molar-refractivity contribution is -0.139. The van der Waals surface area contributed by atoms with Crippen molar-refractivity contribution in [2.45, 2.75) is 39.5 Å². The van der Waals surface area contributed by atoms with Gasteiger partial charge in [-0.05, 0) is 82.6 Å². The van der Waals surface area contributed by atoms with Gasteiger partial charge in [0.2, 0.25) is 0 Å². The monoisotopic (exact) mass is 616 g/mol. The quantitative estimate of drug-likeness (QED) is 0.238. The summed E-state index contributed by atoms with van der Waals surface area (Å²) in [7, 11) is 1.30. The fraction of sp³-hybridized carbons (Fsp3) is 0.406. The maximum atomic E-state index is 13.4. The first-order valence-electron chi connectivity index (χ1n) is 14.0. The van der Waals surface area contributed by atoms with Crippen molar-refractivity contribution in [3.63, 3.8) is 0 Å². The minimum atomic E-state index is -0.827. The topological polar surface area (TPSA) is 76.2 Å². The van der Waals surface area contributed by atoms with E-state index >= 15 is 0 Å². The third-order valence-corrected chi connectivity index (χ3v) is 8.92. The fourth-order valence-corrected chi connectivity index (χ4v) is 6.27. The van der Waals surface area contributed by atoms with Gasteiger partial charge in [0, 0.05) is 36.0 Å². The molecule has 0 aromatic heterocycles. The van der Waals surface area contributed by atoms with E-state index in [0.29, 0.717) is 77.7 Å². The van der Waals surface area contributed by atoms with Crippen LogP contribution in [-0.4, -0.2) is 67.4 Å². The molecule has 42 heavy (non-hydrogen) atoms. The van der Waals surface area contributed by atoms with Gasteiger partial charge in [0.05, 0.1) is 40.8 Å². The lowest BCUT2D eigenvalue weighted by Crippen LogP contribution is -2.42. The number of allylic oxidation sites excluding steroid dienone is 2. The van der Waals surface area contributed by atoms with E-state index in [-0.39, 0.29) is 29.1 Å². The summed E-state index contributed by atoms with van der Waals surface area (Å²) in [5.41, 5.74) is 2.94. The molecule has 10 heteroatoms. The van der Waals surface area contributed by atoms with Gasteiger partial charge in [0.1, 0.15) is 5.82 Å². The van der Waals surface area contributed by atoms with Crippen molar-refractivity contribution < 1.29 is 28.2 Å². The van der Waals surface area contributed by atoms with Crippen molar-refractivity contribution in [2.24, 2.45) is 5.92 Å². The summed E-state index contributed by atoms with van der Waals surface area (Å²) in [5.74, 6) is -2.39. The average Bonchev–Trinajstić information content (AvgIpc) is 2.98. The van der Waals surface area contributed by atoms with Crippen molar-refractivity contribution in [3.8, 4) is 0 Å². The molecule has 2 aliphatic heterocycles. The number of Topliss-reactive ketones (excluding diaryl/α,β-unsaturated/α-hetero) is 1. The summed E-state index contributed by atoms with van der Waals surface area (Å²) >= 11 is 13.0. The number of carbonyl (C=O) groups excluding carboxylic acids is 3. The molecule has 1 fully saturated rings. The minimum absolute atomic E-state index is 0.0377. The zero-order valence-electron chi connectivity index (χ0n) is 24.2. The second-order valence-electron chi connectivity index (χ2n) is 10.4. The van der Waals surface area contributed by atoms with Crippen LogP contribution in [0.4, 0.5) is 4.39 Å². The number of carbonyl (C=O) groups is 3. The van der Waals surface area contributed by atoms with E-state index in [1.807, 2.05) is 18.7 Å². The third kappa shape index (κ3) is 6.56. The molecule has 0 saturated carbocycles. The van der Waals surface area contributed by atoms with Gasteiger partial charge in [-0.1, -0.05) is 35.3 Å². The van der Waals surface area contributed by atoms with Crippen LogP contribution >= 0.6 is 23.2 Å². The van der Waals surface area contributed by atoms with Crippen molar-refractivity contribution >= 4 is 40.9 Å². The van der Waals surface area contributed by atoms with Gasteiger partial charge in [0.15, 0.2) is 5.78 Å². The number of methoxy groups -OCH3 is 1. The second kappa shape index (κ2) is 13.8. The van der Waals surface area contributed by atoms with Crippen molar-refractivity contribution in [1.29, 1.82) is 0 Å². The predicted octanol–water partition coefficient (Wildman–Crippen LogP) is 6.41. The SMILES string of the molecule is CCOC(=O)C1=C(C)N(CCN2CCC(C(=O)c3ccc(F)cc3)CC2)C(C)=C(C(=O)OC)C1c1cccc(Cl)c1Cl. The van der Waals surface area contributed by atoms with Gasteiger partial charge in [-0.15, -0.1) is 0 Å². The zero-order valence-corrected chi connectivity index (χ0v) is 25.7. The molecule has 2 aromatic rings. The number of likely N-dealkylation sites (tertiary alicyclic amines) is 1. The maximum absolute atomic E-state index is 13.4. The van der Waals surface area contributed by atoms with Crippen molar-refractivity contribution in [1.82, 2.24) is 9.80 Å². The van der Waals surface area contributed by atoms with E-state index in [9.17, 15) is 18.8 Å². The molecule has 0 bridgehead atoms. The number of piperidine rings is 1. The number of esters is 2. The van der Waals surface area contributed by atoms with E-state index in [4.69, 9.17) is 32.7 Å². The molecule has 2 heterocycles. The van der Waals surface area contributed by atoms with Gasteiger partial charge in [-0.3, -0.25) is 4.79 Å². The first kappa shape index (κ1) is 31.7. The molecule has 1 saturated heterocycles. The smallest absolute Gasteiger partial charge is 0.336 e. The Morgan fingerprint density at radius 2 is 1.55 bits per heavy atom. The molecule has 2 aliphatic rings. The molecule has 0 amide bonds.